The summed E-state index contributed by atoms with van der Waals surface area (Å²) in [6.45, 7) is 4.07. The maximum absolute atomic E-state index is 13.6. The van der Waals surface area contributed by atoms with Crippen molar-refractivity contribution in [1.29, 1.82) is 0 Å². The van der Waals surface area contributed by atoms with E-state index in [-0.39, 0.29) is 36.5 Å². The fourth-order valence-electron chi connectivity index (χ4n) is 4.13. The van der Waals surface area contributed by atoms with E-state index in [4.69, 9.17) is 21.1 Å². The molecule has 3 aromatic rings. The van der Waals surface area contributed by atoms with Crippen molar-refractivity contribution in [1.82, 2.24) is 9.21 Å². The van der Waals surface area contributed by atoms with Crippen LogP contribution in [0.2, 0.25) is 5.02 Å². The summed E-state index contributed by atoms with van der Waals surface area (Å²) in [5.41, 5.74) is 1.03. The van der Waals surface area contributed by atoms with Gasteiger partial charge in [0.15, 0.2) is 0 Å². The molecule has 1 aliphatic heterocycles. The van der Waals surface area contributed by atoms with Gasteiger partial charge in [0.2, 0.25) is 15.9 Å². The number of methoxy groups -OCH3 is 1. The summed E-state index contributed by atoms with van der Waals surface area (Å²) < 4.78 is 39.1. The number of thiophene rings is 1. The number of benzene rings is 2. The third-order valence-corrected chi connectivity index (χ3v) is 9.03. The molecule has 0 unspecified atom stereocenters. The number of nitrogens with zero attached hydrogens (tertiary/aromatic N) is 2. The van der Waals surface area contributed by atoms with Gasteiger partial charge < -0.3 is 14.4 Å². The Kier molecular flexibility index (Phi) is 8.35. The standard InChI is InChI=1S/C26H27ClN2O5S2/c1-3-13-28(36(31,32)22-9-7-19(27)8-10-22)17-26(30)29-14-11-25-23(12-15-35-25)24(29)18-34-21-6-4-5-20(16-21)33-2/h3-10,12,15-16,24H,1,11,13-14,17-18H2,2H3/t24-/m0/s1. The Hall–Kier alpha value is -2.85. The zero-order chi connectivity index (χ0) is 25.7. The predicted molar refractivity (Wildman–Crippen MR) is 141 cm³/mol. The van der Waals surface area contributed by atoms with Gasteiger partial charge in [0.1, 0.15) is 18.1 Å². The minimum Gasteiger partial charge on any atom is -0.497 e. The third-order valence-electron chi connectivity index (χ3n) is 5.96. The summed E-state index contributed by atoms with van der Waals surface area (Å²) in [7, 11) is -2.34. The number of sulfonamides is 1. The summed E-state index contributed by atoms with van der Waals surface area (Å²) in [5.74, 6) is 1.00. The van der Waals surface area contributed by atoms with E-state index >= 15 is 0 Å². The Morgan fingerprint density at radius 1 is 1.22 bits per heavy atom. The Labute approximate surface area is 220 Å². The number of carbonyl (C=O) groups excluding carboxylic acids is 1. The second kappa shape index (κ2) is 11.5. The average Bonchev–Trinajstić information content (AvgIpc) is 3.36. The number of halogens is 1. The lowest BCUT2D eigenvalue weighted by atomic mass is 10.0. The molecule has 2 heterocycles. The van der Waals surface area contributed by atoms with Gasteiger partial charge >= 0.3 is 0 Å². The van der Waals surface area contributed by atoms with E-state index in [1.54, 1.807) is 29.4 Å². The van der Waals surface area contributed by atoms with Crippen LogP contribution < -0.4 is 9.47 Å². The second-order valence-corrected chi connectivity index (χ2v) is 11.6. The van der Waals surface area contributed by atoms with Crippen molar-refractivity contribution in [2.45, 2.75) is 17.4 Å². The Morgan fingerprint density at radius 3 is 2.69 bits per heavy atom. The van der Waals surface area contributed by atoms with Gasteiger partial charge in [-0.1, -0.05) is 23.7 Å². The monoisotopic (exact) mass is 546 g/mol. The van der Waals surface area contributed by atoms with Crippen LogP contribution in [0.1, 0.15) is 16.5 Å². The van der Waals surface area contributed by atoms with Gasteiger partial charge in [-0.15, -0.1) is 17.9 Å². The maximum atomic E-state index is 13.6. The number of carbonyl (C=O) groups is 1. The molecular formula is C26H27ClN2O5S2. The largest absolute Gasteiger partial charge is 0.497 e. The number of rotatable bonds is 10. The van der Waals surface area contributed by atoms with Crippen LogP contribution in [0, 0.1) is 0 Å². The lowest BCUT2D eigenvalue weighted by Gasteiger charge is -2.36. The topological polar surface area (TPSA) is 76.2 Å². The van der Waals surface area contributed by atoms with Gasteiger partial charge in [0, 0.05) is 29.1 Å². The van der Waals surface area contributed by atoms with Gasteiger partial charge in [-0.2, -0.15) is 4.31 Å². The average molecular weight is 547 g/mol. The Balaban J connectivity index is 1.56. The number of ether oxygens (including phenoxy) is 2. The van der Waals surface area contributed by atoms with Crippen molar-refractivity contribution in [2.24, 2.45) is 0 Å². The van der Waals surface area contributed by atoms with E-state index in [1.807, 2.05) is 29.6 Å². The molecule has 1 amide bonds. The van der Waals surface area contributed by atoms with Crippen LogP contribution in [0.25, 0.3) is 0 Å². The molecule has 0 bridgehead atoms. The van der Waals surface area contributed by atoms with Gasteiger partial charge in [0.25, 0.3) is 0 Å². The highest BCUT2D eigenvalue weighted by molar-refractivity contribution is 7.89. The minimum absolute atomic E-state index is 0.000776. The van der Waals surface area contributed by atoms with Crippen molar-refractivity contribution >= 4 is 38.9 Å². The van der Waals surface area contributed by atoms with Crippen molar-refractivity contribution in [2.75, 3.05) is 33.4 Å². The second-order valence-electron chi connectivity index (χ2n) is 8.18. The molecule has 1 aliphatic rings. The molecule has 0 saturated heterocycles. The molecule has 0 spiro atoms. The fourth-order valence-corrected chi connectivity index (χ4v) is 6.54. The van der Waals surface area contributed by atoms with Crippen LogP contribution in [0.15, 0.2) is 77.5 Å². The molecule has 1 atom stereocenters. The van der Waals surface area contributed by atoms with Gasteiger partial charge in [0.05, 0.1) is 24.6 Å². The number of hydrogen-bond acceptors (Lipinski definition) is 6. The summed E-state index contributed by atoms with van der Waals surface area (Å²) in [4.78, 5) is 16.5. The van der Waals surface area contributed by atoms with E-state index in [9.17, 15) is 13.2 Å². The van der Waals surface area contributed by atoms with Crippen molar-refractivity contribution < 1.29 is 22.7 Å². The van der Waals surface area contributed by atoms with E-state index in [0.717, 1.165) is 9.87 Å². The van der Waals surface area contributed by atoms with E-state index in [2.05, 4.69) is 6.58 Å². The zero-order valence-electron chi connectivity index (χ0n) is 19.8. The third kappa shape index (κ3) is 5.75. The van der Waals surface area contributed by atoms with Crippen LogP contribution >= 0.6 is 22.9 Å². The zero-order valence-corrected chi connectivity index (χ0v) is 22.2. The molecule has 190 valence electrons. The molecule has 0 radical (unpaired) electrons. The first-order chi connectivity index (χ1) is 17.3. The van der Waals surface area contributed by atoms with Gasteiger partial charge in [-0.3, -0.25) is 4.79 Å². The van der Waals surface area contributed by atoms with Gasteiger partial charge in [-0.25, -0.2) is 8.42 Å². The quantitative estimate of drug-likeness (QED) is 0.342. The summed E-state index contributed by atoms with van der Waals surface area (Å²) in [6, 6.07) is 14.8. The molecular weight excluding hydrogens is 520 g/mol. The van der Waals surface area contributed by atoms with E-state index in [1.165, 1.54) is 35.2 Å². The molecule has 36 heavy (non-hydrogen) atoms. The first-order valence-electron chi connectivity index (χ1n) is 11.3. The van der Waals surface area contributed by atoms with Crippen LogP contribution in [-0.4, -0.2) is 56.9 Å². The van der Waals surface area contributed by atoms with Crippen LogP contribution in [-0.2, 0) is 21.2 Å². The summed E-state index contributed by atoms with van der Waals surface area (Å²) >= 11 is 7.58. The smallest absolute Gasteiger partial charge is 0.243 e. The van der Waals surface area contributed by atoms with Crippen molar-refractivity contribution in [3.63, 3.8) is 0 Å². The van der Waals surface area contributed by atoms with Gasteiger partial charge in [-0.05, 0) is 59.8 Å². The summed E-state index contributed by atoms with van der Waals surface area (Å²) in [5, 5.41) is 2.44. The molecule has 10 heteroatoms. The highest BCUT2D eigenvalue weighted by atomic mass is 35.5. The number of amides is 1. The van der Waals surface area contributed by atoms with Crippen LogP contribution in [0.5, 0.6) is 11.5 Å². The highest BCUT2D eigenvalue weighted by Crippen LogP contribution is 2.34. The van der Waals surface area contributed by atoms with Crippen LogP contribution in [0.4, 0.5) is 0 Å². The minimum atomic E-state index is -3.93. The van der Waals surface area contributed by atoms with Crippen molar-refractivity contribution in [3.05, 3.63) is 88.1 Å². The fraction of sp³-hybridized carbons (Fsp3) is 0.269. The Morgan fingerprint density at radius 2 is 1.97 bits per heavy atom. The SMILES string of the molecule is C=CCN(CC(=O)N1CCc2sccc2[C@@H]1COc1cccc(OC)c1)S(=O)(=O)c1ccc(Cl)cc1. The first-order valence-corrected chi connectivity index (χ1v) is 14.0. The number of hydrogen-bond donors (Lipinski definition) is 0. The molecule has 0 aliphatic carbocycles. The van der Waals surface area contributed by atoms with Crippen LogP contribution in [0.3, 0.4) is 0 Å². The Bertz CT molecular complexity index is 1320. The molecule has 1 aromatic heterocycles. The maximum Gasteiger partial charge on any atom is 0.243 e. The lowest BCUT2D eigenvalue weighted by Crippen LogP contribution is -2.47. The molecule has 7 nitrogen and oxygen atoms in total. The first kappa shape index (κ1) is 26.2. The predicted octanol–water partition coefficient (Wildman–Crippen LogP) is 4.79. The molecule has 0 N–H and O–H groups in total. The molecule has 0 saturated carbocycles. The normalized spacial score (nSPS) is 15.4. The van der Waals surface area contributed by atoms with Crippen molar-refractivity contribution in [3.8, 4) is 11.5 Å². The molecule has 0 fully saturated rings. The van der Waals surface area contributed by atoms with E-state index in [0.29, 0.717) is 29.5 Å². The van der Waals surface area contributed by atoms with E-state index < -0.39 is 10.0 Å². The molecule has 4 rings (SSSR count). The number of fused-ring (bicyclic) bond motifs is 1. The molecule has 2 aromatic carbocycles. The summed E-state index contributed by atoms with van der Waals surface area (Å²) in [6.07, 6.45) is 2.18. The lowest BCUT2D eigenvalue weighted by molar-refractivity contribution is -0.135. The highest BCUT2D eigenvalue weighted by Gasteiger charge is 2.35.